The van der Waals surface area contributed by atoms with E-state index in [0.29, 0.717) is 22.3 Å². The van der Waals surface area contributed by atoms with E-state index in [0.717, 1.165) is 0 Å². The average molecular weight is 1770 g/mol. The maximum Gasteiger partial charge on any atom is 0.408 e. The summed E-state index contributed by atoms with van der Waals surface area (Å²) < 4.78 is 89.4. The first kappa shape index (κ1) is 94.9. The van der Waals surface area contributed by atoms with Crippen LogP contribution in [0.5, 0.6) is 0 Å². The molecule has 2 amide bonds. The molecule has 30 heteroatoms. The molecule has 690 valence electrons. The topological polar surface area (TPSA) is 405 Å². The first-order valence-electron chi connectivity index (χ1n) is 43.8. The van der Waals surface area contributed by atoms with Crippen LogP contribution in [0.4, 0.5) is 9.59 Å². The lowest BCUT2D eigenvalue weighted by Gasteiger charge is -2.69. The molecule has 9 aliphatic rings. The number of benzene rings is 4. The number of carbonyl (C=O) groups is 10. The van der Waals surface area contributed by atoms with Crippen molar-refractivity contribution in [2.75, 3.05) is 13.2 Å². The lowest BCUT2D eigenvalue weighted by Crippen LogP contribution is -2.80. The molecule has 2 unspecified atom stereocenters. The van der Waals surface area contributed by atoms with Gasteiger partial charge >= 0.3 is 59.9 Å². The number of nitrogens with one attached hydrogen (secondary N) is 2. The molecule has 4 aromatic rings. The molecule has 4 saturated carbocycles. The third-order valence-electron chi connectivity index (χ3n) is 29.2. The molecular formula is C97H124N2O28. The number of fused-ring (bicyclic) bond motifs is 10. The highest BCUT2D eigenvalue weighted by Gasteiger charge is 2.79. The number of carbonyl (C=O) groups excluding carboxylic acids is 10. The molecule has 13 rings (SSSR count). The summed E-state index contributed by atoms with van der Waals surface area (Å²) in [6.07, 6.45) is -23.2. The van der Waals surface area contributed by atoms with Gasteiger partial charge in [0.2, 0.25) is 12.2 Å². The normalized spacial score (nSPS) is 35.2. The van der Waals surface area contributed by atoms with E-state index in [1.165, 1.54) is 76.2 Å². The van der Waals surface area contributed by atoms with E-state index in [1.54, 1.807) is 170 Å². The molecule has 0 aromatic heterocycles. The summed E-state index contributed by atoms with van der Waals surface area (Å²) in [4.78, 5) is 151. The Bertz CT molecular complexity index is 4640. The van der Waals surface area contributed by atoms with Crippen LogP contribution in [-0.4, -0.2) is 206 Å². The standard InChI is InChI=1S/C97H124N2O28/c1-49-43-63-94(47-114-63,122-55(7)100)73-77(120-79(104)59-39-31-25-32-40-59)96(112)45-61(51(3)65(89(96,15)16)53(5)75(102)92(49,73)21)116-81(106)69(67(57-35-27-23-28-36-57)98-85(110)126-87(9,10)11)118-83(108)71-72(125-91(19,20)124-71)84(109)119-70(68(58-37-29-24-30-38-58)99-86(111)127-88(12,13)14)82(107)117-62-46-97(113)78(121-80(105)60-41-33-26-34-42-60)74-93(22,76(103)54(6)66(52(62)4)90(97,17)18)50(2)44-64-95(74,48-115-64)123-56(8)101/h23-42,49-50,53-54,61-64,67-78,102-103,112-113H,43-48H2,1-22H3,(H,98,110)(H,99,111)/t49-,50-,53+,54+,61-,62-,63+,64+,67-,68-,69+,70+,71+,72+,73?,74?,75-,76-,77-,78-,92+,93+,94-,95-,96+,97+/m0/s1. The molecule has 3 aliphatic heterocycles. The summed E-state index contributed by atoms with van der Waals surface area (Å²) in [6, 6.07) is 28.0. The number of esters is 8. The van der Waals surface area contributed by atoms with E-state index in [1.807, 2.05) is 27.7 Å². The molecule has 4 bridgehead atoms. The first-order chi connectivity index (χ1) is 59.1. The number of aliphatic hydroxyl groups is 4. The van der Waals surface area contributed by atoms with Crippen molar-refractivity contribution >= 4 is 59.9 Å². The molecular weight excluding hydrogens is 1640 g/mol. The van der Waals surface area contributed by atoms with Gasteiger partial charge in [0, 0.05) is 60.2 Å². The zero-order valence-corrected chi connectivity index (χ0v) is 76.4. The second-order valence-electron chi connectivity index (χ2n) is 40.3. The maximum atomic E-state index is 16.4. The second kappa shape index (κ2) is 34.3. The summed E-state index contributed by atoms with van der Waals surface area (Å²) in [5.41, 5.74) is -14.3. The van der Waals surface area contributed by atoms with E-state index in [4.69, 9.17) is 66.3 Å². The van der Waals surface area contributed by atoms with Gasteiger partial charge in [0.1, 0.15) is 71.1 Å². The highest BCUT2D eigenvalue weighted by molar-refractivity contribution is 5.92. The summed E-state index contributed by atoms with van der Waals surface area (Å²) in [5, 5.41) is 61.3. The fourth-order valence-electron chi connectivity index (χ4n) is 22.9. The number of hydrogen-bond acceptors (Lipinski definition) is 28. The Morgan fingerprint density at radius 3 is 1.07 bits per heavy atom. The van der Waals surface area contributed by atoms with Gasteiger partial charge in [-0.25, -0.2) is 38.4 Å². The first-order valence-corrected chi connectivity index (χ1v) is 43.8. The van der Waals surface area contributed by atoms with Crippen LogP contribution in [0.25, 0.3) is 0 Å². The molecule has 0 spiro atoms. The molecule has 26 atom stereocenters. The fraction of sp³-hybridized carbons (Fsp3) is 0.608. The Morgan fingerprint density at radius 1 is 0.465 bits per heavy atom. The number of aliphatic hydroxyl groups excluding tert-OH is 2. The molecule has 30 nitrogen and oxygen atoms in total. The van der Waals surface area contributed by atoms with Crippen molar-refractivity contribution in [1.82, 2.24) is 10.6 Å². The monoisotopic (exact) mass is 1760 g/mol. The number of amides is 2. The van der Waals surface area contributed by atoms with Crippen molar-refractivity contribution in [2.45, 2.75) is 303 Å². The molecule has 0 radical (unpaired) electrons. The van der Waals surface area contributed by atoms with Crippen LogP contribution in [0, 0.1) is 57.2 Å². The maximum absolute atomic E-state index is 16.4. The third kappa shape index (κ3) is 16.9. The van der Waals surface area contributed by atoms with Crippen LogP contribution in [-0.2, 0) is 95.1 Å². The molecule has 3 heterocycles. The summed E-state index contributed by atoms with van der Waals surface area (Å²) in [5.74, 6) is -16.3. The summed E-state index contributed by atoms with van der Waals surface area (Å²) in [6.45, 7) is 35.4. The summed E-state index contributed by atoms with van der Waals surface area (Å²) >= 11 is 0. The van der Waals surface area contributed by atoms with Crippen LogP contribution < -0.4 is 10.6 Å². The number of ether oxygens (including phenoxy) is 14. The zero-order valence-electron chi connectivity index (χ0n) is 76.4. The predicted octanol–water partition coefficient (Wildman–Crippen LogP) is 11.8. The molecule has 7 fully saturated rings. The van der Waals surface area contributed by atoms with E-state index < -0.39 is 255 Å². The highest BCUT2D eigenvalue weighted by atomic mass is 16.8. The van der Waals surface area contributed by atoms with E-state index in [-0.39, 0.29) is 48.3 Å². The fourth-order valence-corrected chi connectivity index (χ4v) is 22.9. The van der Waals surface area contributed by atoms with Gasteiger partial charge < -0.3 is 97.4 Å². The van der Waals surface area contributed by atoms with Gasteiger partial charge in [-0.3, -0.25) is 9.59 Å². The molecule has 6 N–H and O–H groups in total. The highest BCUT2D eigenvalue weighted by Crippen LogP contribution is 2.70. The van der Waals surface area contributed by atoms with Crippen LogP contribution >= 0.6 is 0 Å². The quantitative estimate of drug-likeness (QED) is 0.0272. The zero-order chi connectivity index (χ0) is 93.1. The Morgan fingerprint density at radius 2 is 0.780 bits per heavy atom. The van der Waals surface area contributed by atoms with Crippen LogP contribution in [0.2, 0.25) is 0 Å². The van der Waals surface area contributed by atoms with Gasteiger partial charge in [-0.1, -0.05) is 177 Å². The van der Waals surface area contributed by atoms with Gasteiger partial charge in [-0.15, -0.1) is 0 Å². The van der Waals surface area contributed by atoms with Crippen LogP contribution in [0.1, 0.15) is 222 Å². The number of hydrogen-bond donors (Lipinski definition) is 6. The molecule has 4 aromatic carbocycles. The van der Waals surface area contributed by atoms with Crippen molar-refractivity contribution in [3.8, 4) is 0 Å². The minimum absolute atomic E-state index is 0.0838. The van der Waals surface area contributed by atoms with Crippen molar-refractivity contribution in [1.29, 1.82) is 0 Å². The largest absolute Gasteiger partial charge is 0.455 e. The van der Waals surface area contributed by atoms with Crippen molar-refractivity contribution in [2.24, 2.45) is 57.2 Å². The summed E-state index contributed by atoms with van der Waals surface area (Å²) in [7, 11) is 0. The smallest absolute Gasteiger partial charge is 0.408 e. The lowest BCUT2D eigenvalue weighted by atomic mass is 9.42. The predicted molar refractivity (Wildman–Crippen MR) is 453 cm³/mol. The van der Waals surface area contributed by atoms with Gasteiger partial charge in [-0.05, 0) is 140 Å². The Kier molecular flexibility index (Phi) is 25.7. The van der Waals surface area contributed by atoms with Crippen LogP contribution in [0.3, 0.4) is 0 Å². The minimum atomic E-state index is -2.36. The van der Waals surface area contributed by atoms with Gasteiger partial charge in [0.25, 0.3) is 0 Å². The van der Waals surface area contributed by atoms with Crippen molar-refractivity contribution in [3.63, 3.8) is 0 Å². The Labute approximate surface area is 740 Å². The van der Waals surface area contributed by atoms with Gasteiger partial charge in [-0.2, -0.15) is 0 Å². The van der Waals surface area contributed by atoms with Gasteiger partial charge in [0.05, 0.1) is 48.4 Å². The number of rotatable bonds is 20. The lowest BCUT2D eigenvalue weighted by molar-refractivity contribution is -0.357. The number of alkyl carbamates (subject to hydrolysis) is 2. The van der Waals surface area contributed by atoms with E-state index in [9.17, 15) is 39.6 Å². The van der Waals surface area contributed by atoms with E-state index in [2.05, 4.69) is 10.6 Å². The average Bonchev–Trinajstić information content (AvgIpc) is 1.06. The Balaban J connectivity index is 0.902. The SMILES string of the molecule is CC(=O)O[C@@]12CO[C@@H]1C[C@H](C)[C@]1(C)C2[C@H](OC(=O)c2ccccc2)[C@]2(O)C[C@H](OC(=O)[C@H](OC(=O)[C@@H]3OC(C)(C)O[C@H]3C(=O)O[C@@H](C(=O)O[C@H]3C[C@@]4(O)[C@@H](OC(=O)c5ccccc5)C5[C@@](C)([C@@H](C)C[C@H]6OC[C@@]56OC(C)=O)[C@@H](O)[C@H](C)C(=C3C)C4(C)C)[C@@H](NC(=O)OC(C)(C)C)c3ccccc3)[C@@H](NC(=O)OC(C)(C)C)c3ccccc3)C(C)=C([C@@H](C)[C@@H]1O)C2(C)C. The Hall–Kier alpha value is -9.66. The van der Waals surface area contributed by atoms with Crippen molar-refractivity contribution < 1.29 is 135 Å². The second-order valence-corrected chi connectivity index (χ2v) is 40.3. The molecule has 3 saturated heterocycles. The van der Waals surface area contributed by atoms with Crippen molar-refractivity contribution in [3.05, 3.63) is 166 Å². The molecule has 127 heavy (non-hydrogen) atoms. The minimum Gasteiger partial charge on any atom is -0.455 e. The third-order valence-corrected chi connectivity index (χ3v) is 29.2. The van der Waals surface area contributed by atoms with Crippen LogP contribution in [0.15, 0.2) is 144 Å². The van der Waals surface area contributed by atoms with Gasteiger partial charge in [0.15, 0.2) is 29.2 Å². The van der Waals surface area contributed by atoms with E-state index >= 15 is 28.8 Å². The molecule has 6 aliphatic carbocycles.